The van der Waals surface area contributed by atoms with Gasteiger partial charge >= 0.3 is 11.9 Å². The average Bonchev–Trinajstić information content (AvgIpc) is 2.93. The smallest absolute Gasteiger partial charge is 0.354 e. The van der Waals surface area contributed by atoms with Gasteiger partial charge in [0.05, 0.1) is 56.2 Å². The number of carboxylic acid groups (broad SMARTS) is 2. The maximum Gasteiger partial charge on any atom is 0.354 e. The first-order valence-corrected chi connectivity index (χ1v) is 12.7. The standard InChI is InChI=1S/C29H21N7O6/c1-9-17-21(30)13-7-11(3-5-15(13)32-9)19-23(34-26(17)37)20(28(39)40)24-12-4-6-16-14(8-12)22(31)18(10(2)33-16)27(38)35-36(24)25(19)29(41)42/h3-8,24H,1-2H3,(H2,30,32)(H2,31,33)(H,34,37)(H,35,38)(H,39,40)(H,41,42). The second-order valence-corrected chi connectivity index (χ2v) is 10.3. The van der Waals surface area contributed by atoms with Gasteiger partial charge < -0.3 is 27.0 Å². The fourth-order valence-electron chi connectivity index (χ4n) is 6.14. The van der Waals surface area contributed by atoms with Gasteiger partial charge in [-0.05, 0) is 49.2 Å². The highest BCUT2D eigenvalue weighted by molar-refractivity contribution is 6.15. The number of hydrazine groups is 1. The quantitative estimate of drug-likeness (QED) is 0.208. The van der Waals surface area contributed by atoms with E-state index in [-0.39, 0.29) is 50.5 Å². The molecule has 5 heterocycles. The number of fused-ring (bicyclic) bond motifs is 8. The summed E-state index contributed by atoms with van der Waals surface area (Å²) in [5.41, 5.74) is 16.5. The molecule has 2 aromatic carbocycles. The summed E-state index contributed by atoms with van der Waals surface area (Å²) in [6.07, 6.45) is 0. The van der Waals surface area contributed by atoms with Crippen molar-refractivity contribution in [3.05, 3.63) is 87.0 Å². The second-order valence-electron chi connectivity index (χ2n) is 10.3. The summed E-state index contributed by atoms with van der Waals surface area (Å²) in [6, 6.07) is 8.09. The number of benzene rings is 2. The van der Waals surface area contributed by atoms with Crippen molar-refractivity contribution in [3.63, 3.8) is 0 Å². The van der Waals surface area contributed by atoms with Gasteiger partial charge in [-0.2, -0.15) is 0 Å². The number of rotatable bonds is 2. The summed E-state index contributed by atoms with van der Waals surface area (Å²) < 4.78 is 0. The number of nitrogens with two attached hydrogens (primary N) is 2. The maximum absolute atomic E-state index is 13.7. The van der Waals surface area contributed by atoms with Crippen molar-refractivity contribution in [1.29, 1.82) is 0 Å². The van der Waals surface area contributed by atoms with E-state index in [1.807, 2.05) is 0 Å². The van der Waals surface area contributed by atoms with E-state index in [9.17, 15) is 29.4 Å². The second kappa shape index (κ2) is 8.27. The minimum atomic E-state index is -1.49. The number of amides is 2. The van der Waals surface area contributed by atoms with Gasteiger partial charge in [-0.15, -0.1) is 0 Å². The van der Waals surface area contributed by atoms with E-state index in [0.29, 0.717) is 33.2 Å². The maximum atomic E-state index is 13.7. The number of aromatic nitrogens is 2. The number of aliphatic carboxylic acids is 2. The zero-order chi connectivity index (χ0) is 29.8. The molecule has 0 aliphatic carbocycles. The van der Waals surface area contributed by atoms with Crippen LogP contribution < -0.4 is 22.2 Å². The normalized spacial score (nSPS) is 17.4. The van der Waals surface area contributed by atoms with Gasteiger partial charge in [0.25, 0.3) is 11.8 Å². The third-order valence-corrected chi connectivity index (χ3v) is 7.92. The van der Waals surface area contributed by atoms with Crippen molar-refractivity contribution in [2.75, 3.05) is 11.5 Å². The third kappa shape index (κ3) is 3.18. The topological polar surface area (TPSA) is 214 Å². The van der Waals surface area contributed by atoms with E-state index in [1.54, 1.807) is 50.2 Å². The lowest BCUT2D eigenvalue weighted by molar-refractivity contribution is -0.137. The van der Waals surface area contributed by atoms with Crippen molar-refractivity contribution in [1.82, 2.24) is 25.7 Å². The SMILES string of the molecule is Cc1nc2ccc3cc2c(N)c1C(=O)NC1=C(C(=O)O)C2c4ccc5nc(C)c(c(N)c5c4)C(=O)NN2C(C(=O)O)=C13. The minimum absolute atomic E-state index is 0.0243. The fourth-order valence-corrected chi connectivity index (χ4v) is 6.14. The van der Waals surface area contributed by atoms with E-state index in [2.05, 4.69) is 20.7 Å². The molecule has 1 atom stereocenters. The molecule has 3 aliphatic heterocycles. The van der Waals surface area contributed by atoms with Crippen LogP contribution in [0.25, 0.3) is 27.4 Å². The number of anilines is 2. The Morgan fingerprint density at radius 3 is 2.07 bits per heavy atom. The highest BCUT2D eigenvalue weighted by Crippen LogP contribution is 2.46. The number of nitrogens with one attached hydrogen (secondary N) is 2. The molecule has 4 aromatic rings. The Morgan fingerprint density at radius 2 is 1.45 bits per heavy atom. The van der Waals surface area contributed by atoms with Crippen molar-refractivity contribution in [2.45, 2.75) is 19.9 Å². The Kier molecular flexibility index (Phi) is 4.92. The molecule has 208 valence electrons. The highest BCUT2D eigenvalue weighted by atomic mass is 16.4. The first-order valence-electron chi connectivity index (χ1n) is 12.7. The zero-order valence-electron chi connectivity index (χ0n) is 22.1. The van der Waals surface area contributed by atoms with Gasteiger partial charge in [-0.1, -0.05) is 12.1 Å². The largest absolute Gasteiger partial charge is 0.478 e. The van der Waals surface area contributed by atoms with Crippen molar-refractivity contribution in [2.24, 2.45) is 0 Å². The molecule has 7 rings (SSSR count). The van der Waals surface area contributed by atoms with Crippen LogP contribution in [0.15, 0.2) is 53.4 Å². The molecular weight excluding hydrogens is 542 g/mol. The summed E-state index contributed by atoms with van der Waals surface area (Å²) >= 11 is 0. The number of nitrogens with zero attached hydrogens (tertiary/aromatic N) is 3. The first kappa shape index (κ1) is 25.0. The summed E-state index contributed by atoms with van der Waals surface area (Å²) in [6.45, 7) is 3.20. The van der Waals surface area contributed by atoms with Crippen LogP contribution in [0.1, 0.15) is 49.3 Å². The molecule has 1 unspecified atom stereocenters. The predicted octanol–water partition coefficient (Wildman–Crippen LogP) is 2.16. The number of carboxylic acids is 2. The molecule has 42 heavy (non-hydrogen) atoms. The van der Waals surface area contributed by atoms with Crippen molar-refractivity contribution >= 4 is 62.5 Å². The van der Waals surface area contributed by atoms with Crippen LogP contribution >= 0.6 is 0 Å². The third-order valence-electron chi connectivity index (χ3n) is 7.92. The van der Waals surface area contributed by atoms with E-state index < -0.39 is 35.5 Å². The Labute approximate surface area is 236 Å². The Bertz CT molecular complexity index is 2100. The monoisotopic (exact) mass is 563 g/mol. The molecule has 3 aliphatic rings. The van der Waals surface area contributed by atoms with E-state index >= 15 is 0 Å². The molecular formula is C29H21N7O6. The lowest BCUT2D eigenvalue weighted by atomic mass is 9.85. The number of pyridine rings is 2. The van der Waals surface area contributed by atoms with Gasteiger partial charge in [-0.3, -0.25) is 30.0 Å². The Hall–Kier alpha value is -5.98. The number of allylic oxidation sites excluding steroid dienone is 1. The highest BCUT2D eigenvalue weighted by Gasteiger charge is 2.45. The summed E-state index contributed by atoms with van der Waals surface area (Å²) in [5.74, 6) is -4.49. The fraction of sp³-hybridized carbons (Fsp3) is 0.103. The van der Waals surface area contributed by atoms with Crippen LogP contribution in [0.4, 0.5) is 11.4 Å². The van der Waals surface area contributed by atoms with Gasteiger partial charge in [-0.25, -0.2) is 9.59 Å². The van der Waals surface area contributed by atoms with Crippen LogP contribution in [0, 0.1) is 13.8 Å². The number of aryl methyl sites for hydroxylation is 2. The van der Waals surface area contributed by atoms with Gasteiger partial charge in [0.1, 0.15) is 6.04 Å². The molecule has 0 radical (unpaired) electrons. The number of hydrogen-bond donors (Lipinski definition) is 6. The van der Waals surface area contributed by atoms with E-state index in [1.165, 1.54) is 0 Å². The molecule has 13 nitrogen and oxygen atoms in total. The first-order chi connectivity index (χ1) is 20.0. The molecule has 0 spiro atoms. The minimum Gasteiger partial charge on any atom is -0.478 e. The summed E-state index contributed by atoms with van der Waals surface area (Å²) in [5, 5.41) is 25.8. The van der Waals surface area contributed by atoms with Crippen molar-refractivity contribution < 1.29 is 29.4 Å². The molecule has 13 heteroatoms. The summed E-state index contributed by atoms with van der Waals surface area (Å²) in [4.78, 5) is 62.6. The Morgan fingerprint density at radius 1 is 0.857 bits per heavy atom. The van der Waals surface area contributed by atoms with Crippen LogP contribution in [-0.4, -0.2) is 48.9 Å². The lowest BCUT2D eigenvalue weighted by Crippen LogP contribution is -2.50. The molecule has 6 bridgehead atoms. The number of carbonyl (C=O) groups is 4. The van der Waals surface area contributed by atoms with Gasteiger partial charge in [0, 0.05) is 16.3 Å². The molecule has 0 saturated carbocycles. The van der Waals surface area contributed by atoms with Gasteiger partial charge in [0.15, 0.2) is 5.70 Å². The molecule has 2 amide bonds. The number of carbonyl (C=O) groups excluding carboxylic acids is 2. The van der Waals surface area contributed by atoms with Crippen LogP contribution in [-0.2, 0) is 9.59 Å². The lowest BCUT2D eigenvalue weighted by Gasteiger charge is -2.40. The number of hydrogen-bond acceptors (Lipinski definition) is 9. The summed E-state index contributed by atoms with van der Waals surface area (Å²) in [7, 11) is 0. The molecule has 2 aromatic heterocycles. The predicted molar refractivity (Wildman–Crippen MR) is 151 cm³/mol. The zero-order valence-corrected chi connectivity index (χ0v) is 22.1. The van der Waals surface area contributed by atoms with Crippen LogP contribution in [0.2, 0.25) is 0 Å². The van der Waals surface area contributed by atoms with E-state index in [4.69, 9.17) is 11.5 Å². The van der Waals surface area contributed by atoms with Crippen LogP contribution in [0.3, 0.4) is 0 Å². The molecule has 8 N–H and O–H groups in total. The van der Waals surface area contributed by atoms with Crippen molar-refractivity contribution in [3.8, 4) is 0 Å². The number of nitrogen functional groups attached to an aromatic ring is 2. The average molecular weight is 564 g/mol. The molecule has 0 saturated heterocycles. The van der Waals surface area contributed by atoms with Crippen LogP contribution in [0.5, 0.6) is 0 Å². The molecule has 0 fully saturated rings. The van der Waals surface area contributed by atoms with Gasteiger partial charge in [0.2, 0.25) is 0 Å². The Balaban J connectivity index is 1.64. The van der Waals surface area contributed by atoms with E-state index in [0.717, 1.165) is 5.01 Å².